The van der Waals surface area contributed by atoms with Gasteiger partial charge in [-0.05, 0) is 59.0 Å². The molecule has 1 aliphatic heterocycles. The van der Waals surface area contributed by atoms with Crippen LogP contribution in [0.15, 0.2) is 53.4 Å². The fraction of sp³-hybridized carbons (Fsp3) is 0.238. The molecule has 0 aliphatic carbocycles. The van der Waals surface area contributed by atoms with Gasteiger partial charge < -0.3 is 0 Å². The molecule has 1 fully saturated rings. The second-order valence-electron chi connectivity index (χ2n) is 7.27. The molecule has 4 heteroatoms. The zero-order chi connectivity index (χ0) is 18.2. The van der Waals surface area contributed by atoms with Crippen molar-refractivity contribution < 1.29 is 4.79 Å². The second-order valence-corrected chi connectivity index (χ2v) is 8.30. The molecule has 1 saturated heterocycles. The number of amides is 1. The lowest BCUT2D eigenvalue weighted by atomic mass is 9.87. The summed E-state index contributed by atoms with van der Waals surface area (Å²) in [5, 5.41) is 8.43. The van der Waals surface area contributed by atoms with Gasteiger partial charge in [0.1, 0.15) is 0 Å². The monoisotopic (exact) mass is 350 g/mol. The first-order valence-electron chi connectivity index (χ1n) is 8.25. The first-order valence-corrected chi connectivity index (χ1v) is 9.07. The van der Waals surface area contributed by atoms with E-state index in [-0.39, 0.29) is 16.5 Å². The van der Waals surface area contributed by atoms with E-state index in [0.29, 0.717) is 4.91 Å². The molecule has 2 aromatic rings. The Bertz CT molecular complexity index is 860. The van der Waals surface area contributed by atoms with Crippen molar-refractivity contribution in [2.45, 2.75) is 33.1 Å². The largest absolute Gasteiger partial charge is 0.278 e. The Morgan fingerprint density at radius 3 is 2.36 bits per heavy atom. The predicted octanol–water partition coefficient (Wildman–Crippen LogP) is 5.35. The van der Waals surface area contributed by atoms with Crippen LogP contribution >= 0.6 is 11.8 Å². The number of rotatable bonds is 2. The highest BCUT2D eigenvalue weighted by atomic mass is 32.2. The van der Waals surface area contributed by atoms with Gasteiger partial charge in [-0.1, -0.05) is 57.2 Å². The van der Waals surface area contributed by atoms with E-state index in [2.05, 4.69) is 32.9 Å². The molecule has 3 rings (SSSR count). The van der Waals surface area contributed by atoms with Crippen molar-refractivity contribution in [3.05, 3.63) is 70.1 Å². The summed E-state index contributed by atoms with van der Waals surface area (Å²) in [4.78, 5) is 14.8. The maximum absolute atomic E-state index is 12.8. The van der Waals surface area contributed by atoms with Gasteiger partial charge in [0.25, 0.3) is 5.91 Å². The molecule has 0 saturated carbocycles. The summed E-state index contributed by atoms with van der Waals surface area (Å²) in [6.45, 7) is 8.52. The molecule has 1 amide bonds. The van der Waals surface area contributed by atoms with Crippen molar-refractivity contribution in [1.82, 2.24) is 0 Å². The summed E-state index contributed by atoms with van der Waals surface area (Å²) in [5.74, 6) is -0.138. The van der Waals surface area contributed by atoms with Crippen molar-refractivity contribution in [2.75, 3.05) is 4.90 Å². The predicted molar refractivity (Wildman–Crippen MR) is 107 cm³/mol. The minimum Gasteiger partial charge on any atom is -0.278 e. The number of carbonyl (C=O) groups excluding carboxylic acids is 1. The standard InChI is InChI=1S/C21H22N2OS/c1-14-6-5-7-17(12-14)23-19(24)18(25-20(23)22)13-15-8-10-16(11-9-15)21(2,3)4/h5-13,22H,1-4H3/b18-13-,22-20?. The SMILES string of the molecule is Cc1cccc(N2C(=N)S/C(=C\c3ccc(C(C)(C)C)cc3)C2=O)c1. The summed E-state index contributed by atoms with van der Waals surface area (Å²) in [6.07, 6.45) is 1.86. The van der Waals surface area contributed by atoms with Gasteiger partial charge in [0, 0.05) is 0 Å². The van der Waals surface area contributed by atoms with Gasteiger partial charge in [-0.3, -0.25) is 15.1 Å². The minimum absolute atomic E-state index is 0.105. The Morgan fingerprint density at radius 2 is 1.76 bits per heavy atom. The van der Waals surface area contributed by atoms with Gasteiger partial charge in [0.15, 0.2) is 5.17 Å². The average Bonchev–Trinajstić information content (AvgIpc) is 2.81. The Balaban J connectivity index is 1.88. The normalized spacial score (nSPS) is 16.8. The van der Waals surface area contributed by atoms with Crippen LogP contribution in [0.5, 0.6) is 0 Å². The third-order valence-electron chi connectivity index (χ3n) is 4.16. The summed E-state index contributed by atoms with van der Waals surface area (Å²) in [6, 6.07) is 15.9. The third-order valence-corrected chi connectivity index (χ3v) is 5.05. The highest BCUT2D eigenvalue weighted by molar-refractivity contribution is 8.19. The zero-order valence-electron chi connectivity index (χ0n) is 15.0. The maximum atomic E-state index is 12.8. The molecule has 1 N–H and O–H groups in total. The number of anilines is 1. The summed E-state index contributed by atoms with van der Waals surface area (Å²) in [7, 11) is 0. The lowest BCUT2D eigenvalue weighted by molar-refractivity contribution is -0.113. The summed E-state index contributed by atoms with van der Waals surface area (Å²) < 4.78 is 0. The Hall–Kier alpha value is -2.33. The van der Waals surface area contributed by atoms with Gasteiger partial charge in [-0.2, -0.15) is 0 Å². The lowest BCUT2D eigenvalue weighted by Gasteiger charge is -2.18. The highest BCUT2D eigenvalue weighted by Crippen LogP contribution is 2.35. The van der Waals surface area contributed by atoms with E-state index in [1.807, 2.05) is 49.4 Å². The van der Waals surface area contributed by atoms with Crippen LogP contribution in [0.1, 0.15) is 37.5 Å². The molecule has 2 aromatic carbocycles. The fourth-order valence-corrected chi connectivity index (χ4v) is 3.58. The van der Waals surface area contributed by atoms with Gasteiger partial charge >= 0.3 is 0 Å². The van der Waals surface area contributed by atoms with E-state index in [0.717, 1.165) is 16.8 Å². The zero-order valence-corrected chi connectivity index (χ0v) is 15.8. The minimum atomic E-state index is -0.138. The van der Waals surface area contributed by atoms with Gasteiger partial charge in [-0.15, -0.1) is 0 Å². The molecule has 3 nitrogen and oxygen atoms in total. The topological polar surface area (TPSA) is 44.2 Å². The molecular weight excluding hydrogens is 328 g/mol. The molecule has 0 radical (unpaired) electrons. The summed E-state index contributed by atoms with van der Waals surface area (Å²) >= 11 is 1.21. The fourth-order valence-electron chi connectivity index (χ4n) is 2.72. The summed E-state index contributed by atoms with van der Waals surface area (Å²) in [5.41, 5.74) is 4.15. The number of carbonyl (C=O) groups is 1. The third kappa shape index (κ3) is 3.69. The number of hydrogen-bond acceptors (Lipinski definition) is 3. The Morgan fingerprint density at radius 1 is 1.08 bits per heavy atom. The van der Waals surface area contributed by atoms with Crippen LogP contribution in [-0.2, 0) is 10.2 Å². The molecule has 25 heavy (non-hydrogen) atoms. The van der Waals surface area contributed by atoms with E-state index in [1.165, 1.54) is 22.2 Å². The van der Waals surface area contributed by atoms with Crippen molar-refractivity contribution in [1.29, 1.82) is 5.41 Å². The van der Waals surface area contributed by atoms with E-state index >= 15 is 0 Å². The smallest absolute Gasteiger partial charge is 0.271 e. The Labute approximate surface area is 153 Å². The number of nitrogens with zero attached hydrogens (tertiary/aromatic N) is 1. The number of hydrogen-bond donors (Lipinski definition) is 1. The Kier molecular flexibility index (Phi) is 4.56. The van der Waals surface area contributed by atoms with Crippen LogP contribution < -0.4 is 4.90 Å². The first-order chi connectivity index (χ1) is 11.8. The number of benzene rings is 2. The van der Waals surface area contributed by atoms with Crippen molar-refractivity contribution in [3.8, 4) is 0 Å². The molecule has 0 atom stereocenters. The number of amidine groups is 1. The number of thioether (sulfide) groups is 1. The quantitative estimate of drug-likeness (QED) is 0.742. The van der Waals surface area contributed by atoms with E-state index in [9.17, 15) is 4.79 Å². The van der Waals surface area contributed by atoms with Crippen molar-refractivity contribution in [3.63, 3.8) is 0 Å². The second kappa shape index (κ2) is 6.52. The van der Waals surface area contributed by atoms with Crippen LogP contribution in [0.3, 0.4) is 0 Å². The van der Waals surface area contributed by atoms with Crippen LogP contribution in [0.4, 0.5) is 5.69 Å². The lowest BCUT2D eigenvalue weighted by Crippen LogP contribution is -2.28. The van der Waals surface area contributed by atoms with Crippen molar-refractivity contribution >= 4 is 34.6 Å². The van der Waals surface area contributed by atoms with Gasteiger partial charge in [-0.25, -0.2) is 0 Å². The first kappa shape index (κ1) is 17.5. The average molecular weight is 350 g/mol. The van der Waals surface area contributed by atoms with E-state index in [4.69, 9.17) is 5.41 Å². The van der Waals surface area contributed by atoms with Crippen molar-refractivity contribution in [2.24, 2.45) is 0 Å². The molecular formula is C21H22N2OS. The van der Waals surface area contributed by atoms with Crippen LogP contribution in [0.2, 0.25) is 0 Å². The van der Waals surface area contributed by atoms with Crippen LogP contribution in [-0.4, -0.2) is 11.1 Å². The van der Waals surface area contributed by atoms with Gasteiger partial charge in [0.05, 0.1) is 10.6 Å². The molecule has 0 bridgehead atoms. The maximum Gasteiger partial charge on any atom is 0.271 e. The van der Waals surface area contributed by atoms with Crippen LogP contribution in [0.25, 0.3) is 6.08 Å². The van der Waals surface area contributed by atoms with E-state index < -0.39 is 0 Å². The number of nitrogens with one attached hydrogen (secondary N) is 1. The molecule has 128 valence electrons. The highest BCUT2D eigenvalue weighted by Gasteiger charge is 2.33. The molecule has 0 aromatic heterocycles. The molecule has 0 spiro atoms. The number of aryl methyl sites for hydroxylation is 1. The molecule has 1 heterocycles. The van der Waals surface area contributed by atoms with Crippen LogP contribution in [0, 0.1) is 12.3 Å². The van der Waals surface area contributed by atoms with E-state index in [1.54, 1.807) is 0 Å². The molecule has 0 unspecified atom stereocenters. The molecule has 1 aliphatic rings. The van der Waals surface area contributed by atoms with Gasteiger partial charge in [0.2, 0.25) is 0 Å².